The van der Waals surface area contributed by atoms with Gasteiger partial charge in [-0.25, -0.2) is 4.39 Å². The minimum absolute atomic E-state index is 0.180. The van der Waals surface area contributed by atoms with Crippen molar-refractivity contribution in [2.75, 3.05) is 6.54 Å². The zero-order valence-electron chi connectivity index (χ0n) is 11.6. The first kappa shape index (κ1) is 15.4. The lowest BCUT2D eigenvalue weighted by molar-refractivity contribution is 0.526. The van der Waals surface area contributed by atoms with Gasteiger partial charge in [0, 0.05) is 9.61 Å². The van der Waals surface area contributed by atoms with Crippen LogP contribution in [-0.2, 0) is 6.42 Å². The van der Waals surface area contributed by atoms with Gasteiger partial charge in [0.25, 0.3) is 0 Å². The molecule has 0 saturated heterocycles. The highest BCUT2D eigenvalue weighted by Gasteiger charge is 2.14. The Bertz CT molecular complexity index is 539. The molecule has 0 heterocycles. The Hall–Kier alpha value is -0.940. The van der Waals surface area contributed by atoms with E-state index in [9.17, 15) is 4.39 Å². The highest BCUT2D eigenvalue weighted by molar-refractivity contribution is 14.1. The van der Waals surface area contributed by atoms with E-state index >= 15 is 0 Å². The molecule has 3 heteroatoms. The Morgan fingerprint density at radius 3 is 2.45 bits per heavy atom. The van der Waals surface area contributed by atoms with Crippen molar-refractivity contribution in [1.29, 1.82) is 0 Å². The number of nitrogens with one attached hydrogen (secondary N) is 1. The molecule has 0 aliphatic rings. The molecule has 0 aliphatic carbocycles. The summed E-state index contributed by atoms with van der Waals surface area (Å²) in [6.45, 7) is 3.15. The molecule has 2 aromatic rings. The Morgan fingerprint density at radius 1 is 1.10 bits per heavy atom. The summed E-state index contributed by atoms with van der Waals surface area (Å²) in [6, 6.07) is 15.5. The topological polar surface area (TPSA) is 12.0 Å². The van der Waals surface area contributed by atoms with Crippen molar-refractivity contribution in [3.63, 3.8) is 0 Å². The maximum absolute atomic E-state index is 13.0. The molecular weight excluding hydrogens is 364 g/mol. The molecule has 1 atom stereocenters. The van der Waals surface area contributed by atoms with E-state index in [0.717, 1.165) is 24.9 Å². The highest BCUT2D eigenvalue weighted by Crippen LogP contribution is 2.23. The van der Waals surface area contributed by atoms with Crippen LogP contribution >= 0.6 is 22.6 Å². The molecule has 2 rings (SSSR count). The minimum Gasteiger partial charge on any atom is -0.310 e. The molecule has 0 spiro atoms. The zero-order chi connectivity index (χ0) is 14.4. The summed E-state index contributed by atoms with van der Waals surface area (Å²) in [6.07, 6.45) is 1.98. The van der Waals surface area contributed by atoms with Crippen molar-refractivity contribution < 1.29 is 4.39 Å². The number of benzene rings is 2. The molecular formula is C17H19FIN. The largest absolute Gasteiger partial charge is 0.310 e. The third-order valence-electron chi connectivity index (χ3n) is 3.27. The fraction of sp³-hybridized carbons (Fsp3) is 0.294. The van der Waals surface area contributed by atoms with Gasteiger partial charge in [0.05, 0.1) is 0 Å². The van der Waals surface area contributed by atoms with Crippen LogP contribution in [0.4, 0.5) is 4.39 Å². The lowest BCUT2D eigenvalue weighted by atomic mass is 9.98. The molecule has 0 saturated carbocycles. The van der Waals surface area contributed by atoms with E-state index in [1.54, 1.807) is 0 Å². The van der Waals surface area contributed by atoms with Gasteiger partial charge in [-0.3, -0.25) is 0 Å². The van der Waals surface area contributed by atoms with Crippen LogP contribution in [0.3, 0.4) is 0 Å². The predicted octanol–water partition coefficient (Wildman–Crippen LogP) is 4.71. The predicted molar refractivity (Wildman–Crippen MR) is 90.3 cm³/mol. The van der Waals surface area contributed by atoms with E-state index in [-0.39, 0.29) is 11.9 Å². The second-order valence-electron chi connectivity index (χ2n) is 4.86. The molecule has 1 unspecified atom stereocenters. The van der Waals surface area contributed by atoms with Crippen LogP contribution in [0.25, 0.3) is 0 Å². The Morgan fingerprint density at radius 2 is 1.80 bits per heavy atom. The summed E-state index contributed by atoms with van der Waals surface area (Å²) in [5, 5.41) is 3.59. The third kappa shape index (κ3) is 4.28. The van der Waals surface area contributed by atoms with E-state index in [0.29, 0.717) is 0 Å². The van der Waals surface area contributed by atoms with Gasteiger partial charge >= 0.3 is 0 Å². The zero-order valence-corrected chi connectivity index (χ0v) is 13.7. The first-order valence-electron chi connectivity index (χ1n) is 6.93. The van der Waals surface area contributed by atoms with Gasteiger partial charge < -0.3 is 5.32 Å². The van der Waals surface area contributed by atoms with E-state index in [2.05, 4.69) is 59.1 Å². The smallest absolute Gasteiger partial charge is 0.123 e. The maximum Gasteiger partial charge on any atom is 0.123 e. The molecule has 0 fully saturated rings. The van der Waals surface area contributed by atoms with E-state index in [4.69, 9.17) is 0 Å². The number of hydrogen-bond donors (Lipinski definition) is 1. The van der Waals surface area contributed by atoms with Crippen LogP contribution in [0.1, 0.15) is 30.5 Å². The standard InChI is InChI=1S/C17H19FIN/c1-2-11-20-17(15-5-3-4-6-16(15)19)12-13-7-9-14(18)10-8-13/h3-10,17,20H,2,11-12H2,1H3. The first-order chi connectivity index (χ1) is 9.70. The highest BCUT2D eigenvalue weighted by atomic mass is 127. The molecule has 0 aromatic heterocycles. The second kappa shape index (κ2) is 7.74. The first-order valence-corrected chi connectivity index (χ1v) is 8.01. The lowest BCUT2D eigenvalue weighted by Crippen LogP contribution is -2.24. The van der Waals surface area contributed by atoms with Crippen molar-refractivity contribution in [3.8, 4) is 0 Å². The van der Waals surface area contributed by atoms with Gasteiger partial charge in [-0.05, 0) is 71.3 Å². The molecule has 20 heavy (non-hydrogen) atoms. The van der Waals surface area contributed by atoms with Gasteiger partial charge in [-0.1, -0.05) is 37.3 Å². The van der Waals surface area contributed by atoms with Gasteiger partial charge in [0.15, 0.2) is 0 Å². The van der Waals surface area contributed by atoms with Crippen LogP contribution in [0.15, 0.2) is 48.5 Å². The maximum atomic E-state index is 13.0. The molecule has 1 N–H and O–H groups in total. The number of rotatable bonds is 6. The fourth-order valence-electron chi connectivity index (χ4n) is 2.22. The average molecular weight is 383 g/mol. The summed E-state index contributed by atoms with van der Waals surface area (Å²) in [5.74, 6) is -0.180. The summed E-state index contributed by atoms with van der Waals surface area (Å²) >= 11 is 2.38. The van der Waals surface area contributed by atoms with E-state index in [1.807, 2.05) is 12.1 Å². The summed E-state index contributed by atoms with van der Waals surface area (Å²) in [7, 11) is 0. The number of halogens is 2. The third-order valence-corrected chi connectivity index (χ3v) is 4.26. The van der Waals surface area contributed by atoms with Crippen molar-refractivity contribution >= 4 is 22.6 Å². The molecule has 2 aromatic carbocycles. The van der Waals surface area contributed by atoms with Crippen molar-refractivity contribution in [3.05, 3.63) is 69.0 Å². The molecule has 106 valence electrons. The Balaban J connectivity index is 2.19. The Labute approximate surface area is 133 Å². The number of hydrogen-bond acceptors (Lipinski definition) is 1. The van der Waals surface area contributed by atoms with Crippen LogP contribution in [0.5, 0.6) is 0 Å². The molecule has 0 amide bonds. The van der Waals surface area contributed by atoms with Crippen LogP contribution < -0.4 is 5.32 Å². The molecule has 0 radical (unpaired) electrons. The van der Waals surface area contributed by atoms with Crippen LogP contribution in [0, 0.1) is 9.39 Å². The summed E-state index contributed by atoms with van der Waals surface area (Å²) in [5.41, 5.74) is 2.46. The quantitative estimate of drug-likeness (QED) is 0.713. The van der Waals surface area contributed by atoms with Crippen molar-refractivity contribution in [2.45, 2.75) is 25.8 Å². The molecule has 1 nitrogen and oxygen atoms in total. The SMILES string of the molecule is CCCNC(Cc1ccc(F)cc1)c1ccccc1I. The van der Waals surface area contributed by atoms with Crippen molar-refractivity contribution in [1.82, 2.24) is 5.32 Å². The van der Waals surface area contributed by atoms with Gasteiger partial charge in [0.2, 0.25) is 0 Å². The molecule has 0 bridgehead atoms. The summed E-state index contributed by atoms with van der Waals surface area (Å²) in [4.78, 5) is 0. The molecule has 0 aliphatic heterocycles. The van der Waals surface area contributed by atoms with Gasteiger partial charge in [-0.15, -0.1) is 0 Å². The van der Waals surface area contributed by atoms with Crippen LogP contribution in [-0.4, -0.2) is 6.54 Å². The van der Waals surface area contributed by atoms with Gasteiger partial charge in [0.1, 0.15) is 5.82 Å². The fourth-order valence-corrected chi connectivity index (χ4v) is 2.99. The second-order valence-corrected chi connectivity index (χ2v) is 6.02. The average Bonchev–Trinajstić information content (AvgIpc) is 2.46. The van der Waals surface area contributed by atoms with Gasteiger partial charge in [-0.2, -0.15) is 0 Å². The van der Waals surface area contributed by atoms with E-state index < -0.39 is 0 Å². The van der Waals surface area contributed by atoms with E-state index in [1.165, 1.54) is 21.3 Å². The summed E-state index contributed by atoms with van der Waals surface area (Å²) < 4.78 is 14.3. The Kier molecular flexibility index (Phi) is 5.98. The minimum atomic E-state index is -0.180. The lowest BCUT2D eigenvalue weighted by Gasteiger charge is -2.20. The normalized spacial score (nSPS) is 12.3. The van der Waals surface area contributed by atoms with Crippen molar-refractivity contribution in [2.24, 2.45) is 0 Å². The monoisotopic (exact) mass is 383 g/mol. The van der Waals surface area contributed by atoms with Crippen LogP contribution in [0.2, 0.25) is 0 Å².